The average molecular weight is 363 g/mol. The highest BCUT2D eigenvalue weighted by molar-refractivity contribution is 7.89. The van der Waals surface area contributed by atoms with Crippen LogP contribution in [0.25, 0.3) is 0 Å². The van der Waals surface area contributed by atoms with Gasteiger partial charge in [-0.2, -0.15) is 0 Å². The van der Waals surface area contributed by atoms with Gasteiger partial charge in [-0.15, -0.1) is 0 Å². The molecule has 1 aliphatic carbocycles. The number of aryl methyl sites for hydroxylation is 1. The summed E-state index contributed by atoms with van der Waals surface area (Å²) in [5.41, 5.74) is 0.576. The molecule has 25 heavy (non-hydrogen) atoms. The number of carbonyl (C=O) groups excluding carboxylic acids is 2. The second-order valence-corrected chi connectivity index (χ2v) is 8.42. The molecule has 0 radical (unpaired) electrons. The van der Waals surface area contributed by atoms with E-state index in [1.807, 2.05) is 6.92 Å². The van der Waals surface area contributed by atoms with E-state index in [2.05, 4.69) is 0 Å². The molecule has 3 rings (SSSR count). The van der Waals surface area contributed by atoms with Crippen molar-refractivity contribution in [2.75, 3.05) is 13.2 Å². The number of nitrogens with zero attached hydrogens (tertiary/aromatic N) is 1. The Morgan fingerprint density at radius 2 is 1.96 bits per heavy atom. The molecule has 0 bridgehead atoms. The van der Waals surface area contributed by atoms with Gasteiger partial charge in [0.15, 0.2) is 0 Å². The number of allylic oxidation sites excluding steroid dienone is 1. The smallest absolute Gasteiger partial charge is 0.333 e. The van der Waals surface area contributed by atoms with E-state index in [4.69, 9.17) is 4.74 Å². The molecule has 0 saturated carbocycles. The van der Waals surface area contributed by atoms with Crippen molar-refractivity contribution in [2.45, 2.75) is 38.0 Å². The molecular weight excluding hydrogens is 342 g/mol. The molecule has 0 aromatic heterocycles. The summed E-state index contributed by atoms with van der Waals surface area (Å²) in [5, 5.41) is 0. The van der Waals surface area contributed by atoms with Crippen molar-refractivity contribution in [1.29, 1.82) is 0 Å². The van der Waals surface area contributed by atoms with Gasteiger partial charge in [0.05, 0.1) is 16.9 Å². The first-order chi connectivity index (χ1) is 11.8. The fraction of sp³-hybridized carbons (Fsp3) is 0.444. The van der Waals surface area contributed by atoms with E-state index in [0.717, 1.165) is 9.87 Å². The highest BCUT2D eigenvalue weighted by atomic mass is 32.2. The number of amides is 1. The Labute approximate surface area is 147 Å². The van der Waals surface area contributed by atoms with Crippen molar-refractivity contribution in [1.82, 2.24) is 4.31 Å². The van der Waals surface area contributed by atoms with Crippen molar-refractivity contribution >= 4 is 21.9 Å². The summed E-state index contributed by atoms with van der Waals surface area (Å²) in [7, 11) is -3.87. The third-order valence-electron chi connectivity index (χ3n) is 4.89. The summed E-state index contributed by atoms with van der Waals surface area (Å²) in [4.78, 5) is 24.9. The largest absolute Gasteiger partial charge is 0.463 e. The SMILES string of the molecule is CCOC(=O)C1=CCC2(CCN(S(=O)(=O)c3ccc(C)cc3)C2=O)C1. The fourth-order valence-electron chi connectivity index (χ4n) is 3.42. The molecule has 1 atom stereocenters. The Bertz CT molecular complexity index is 841. The maximum Gasteiger partial charge on any atom is 0.333 e. The number of hydrogen-bond donors (Lipinski definition) is 0. The number of sulfonamides is 1. The summed E-state index contributed by atoms with van der Waals surface area (Å²) < 4.78 is 31.6. The van der Waals surface area contributed by atoms with Crippen LogP contribution < -0.4 is 0 Å². The lowest BCUT2D eigenvalue weighted by atomic mass is 9.83. The minimum Gasteiger partial charge on any atom is -0.463 e. The Balaban J connectivity index is 1.81. The van der Waals surface area contributed by atoms with E-state index in [1.165, 1.54) is 12.1 Å². The van der Waals surface area contributed by atoms with Gasteiger partial charge in [-0.3, -0.25) is 4.79 Å². The zero-order valence-corrected chi connectivity index (χ0v) is 15.1. The van der Waals surface area contributed by atoms with Gasteiger partial charge < -0.3 is 4.74 Å². The van der Waals surface area contributed by atoms with Crippen LogP contribution in [0.1, 0.15) is 31.7 Å². The summed E-state index contributed by atoms with van der Waals surface area (Å²) in [6.45, 7) is 4.00. The molecule has 1 aromatic rings. The summed E-state index contributed by atoms with van der Waals surface area (Å²) in [6, 6.07) is 6.44. The molecule has 1 fully saturated rings. The van der Waals surface area contributed by atoms with E-state index in [-0.39, 0.29) is 24.5 Å². The second kappa shape index (κ2) is 6.29. The molecule has 7 heteroatoms. The highest BCUT2D eigenvalue weighted by Gasteiger charge is 2.53. The van der Waals surface area contributed by atoms with Gasteiger partial charge in [0.2, 0.25) is 5.91 Å². The molecular formula is C18H21NO5S. The van der Waals surface area contributed by atoms with Crippen LogP contribution in [-0.2, 0) is 24.3 Å². The van der Waals surface area contributed by atoms with E-state index in [9.17, 15) is 18.0 Å². The Morgan fingerprint density at radius 1 is 1.28 bits per heavy atom. The van der Waals surface area contributed by atoms with E-state index < -0.39 is 27.3 Å². The van der Waals surface area contributed by atoms with Gasteiger partial charge in [-0.25, -0.2) is 17.5 Å². The third kappa shape index (κ3) is 2.97. The number of ether oxygens (including phenoxy) is 1. The first-order valence-corrected chi connectivity index (χ1v) is 9.74. The first kappa shape index (κ1) is 17.7. The molecule has 6 nitrogen and oxygen atoms in total. The minimum atomic E-state index is -3.87. The number of hydrogen-bond acceptors (Lipinski definition) is 5. The van der Waals surface area contributed by atoms with Crippen LogP contribution in [-0.4, -0.2) is 37.8 Å². The van der Waals surface area contributed by atoms with Crippen molar-refractivity contribution in [2.24, 2.45) is 5.41 Å². The minimum absolute atomic E-state index is 0.111. The number of carbonyl (C=O) groups is 2. The number of benzene rings is 1. The van der Waals surface area contributed by atoms with Crippen LogP contribution in [0.5, 0.6) is 0 Å². The summed E-state index contributed by atoms with van der Waals surface area (Å²) in [5.74, 6) is -0.851. The van der Waals surface area contributed by atoms with Gasteiger partial charge in [-0.05, 0) is 45.2 Å². The second-order valence-electron chi connectivity index (χ2n) is 6.56. The van der Waals surface area contributed by atoms with Gasteiger partial charge in [-0.1, -0.05) is 23.8 Å². The lowest BCUT2D eigenvalue weighted by Crippen LogP contribution is -2.37. The zero-order valence-electron chi connectivity index (χ0n) is 14.3. The van der Waals surface area contributed by atoms with Crippen LogP contribution in [0, 0.1) is 12.3 Å². The Hall–Kier alpha value is -2.15. The topological polar surface area (TPSA) is 80.8 Å². The lowest BCUT2D eigenvalue weighted by molar-refractivity contribution is -0.138. The van der Waals surface area contributed by atoms with Crippen LogP contribution in [0.3, 0.4) is 0 Å². The van der Waals surface area contributed by atoms with Gasteiger partial charge in [0, 0.05) is 12.1 Å². The van der Waals surface area contributed by atoms with Gasteiger partial charge in [0.25, 0.3) is 10.0 Å². The molecule has 1 spiro atoms. The maximum absolute atomic E-state index is 12.9. The van der Waals surface area contributed by atoms with Gasteiger partial charge >= 0.3 is 5.97 Å². The molecule has 134 valence electrons. The maximum atomic E-state index is 12.9. The van der Waals surface area contributed by atoms with Crippen molar-refractivity contribution in [3.8, 4) is 0 Å². The van der Waals surface area contributed by atoms with E-state index >= 15 is 0 Å². The molecule has 1 amide bonds. The summed E-state index contributed by atoms with van der Waals surface area (Å²) >= 11 is 0. The fourth-order valence-corrected chi connectivity index (χ4v) is 4.89. The normalized spacial score (nSPS) is 23.2. The van der Waals surface area contributed by atoms with Crippen LogP contribution in [0.15, 0.2) is 40.8 Å². The predicted molar refractivity (Wildman–Crippen MR) is 91.1 cm³/mol. The zero-order chi connectivity index (χ0) is 18.2. The Morgan fingerprint density at radius 3 is 2.60 bits per heavy atom. The van der Waals surface area contributed by atoms with E-state index in [1.54, 1.807) is 25.1 Å². The quantitative estimate of drug-likeness (QED) is 0.766. The number of esters is 1. The molecule has 1 unspecified atom stereocenters. The van der Waals surface area contributed by atoms with Gasteiger partial charge in [0.1, 0.15) is 0 Å². The lowest BCUT2D eigenvalue weighted by Gasteiger charge is -2.23. The van der Waals surface area contributed by atoms with Crippen molar-refractivity contribution < 1.29 is 22.7 Å². The average Bonchev–Trinajstić information content (AvgIpc) is 3.14. The van der Waals surface area contributed by atoms with Crippen LogP contribution in [0.2, 0.25) is 0 Å². The predicted octanol–water partition coefficient (Wildman–Crippen LogP) is 2.19. The first-order valence-electron chi connectivity index (χ1n) is 8.30. The highest BCUT2D eigenvalue weighted by Crippen LogP contribution is 2.47. The number of rotatable bonds is 4. The van der Waals surface area contributed by atoms with Crippen molar-refractivity contribution in [3.05, 3.63) is 41.5 Å². The van der Waals surface area contributed by atoms with Crippen LogP contribution >= 0.6 is 0 Å². The Kier molecular flexibility index (Phi) is 4.45. The molecule has 0 N–H and O–H groups in total. The molecule has 1 aliphatic heterocycles. The standard InChI is InChI=1S/C18H21NO5S/c1-3-24-16(20)14-8-9-18(12-14)10-11-19(17(18)21)25(22,23)15-6-4-13(2)5-7-15/h4-8H,3,9-12H2,1-2H3. The monoisotopic (exact) mass is 363 g/mol. The molecule has 1 aromatic carbocycles. The van der Waals surface area contributed by atoms with E-state index in [0.29, 0.717) is 18.4 Å². The van der Waals surface area contributed by atoms with Crippen molar-refractivity contribution in [3.63, 3.8) is 0 Å². The summed E-state index contributed by atoms with van der Waals surface area (Å²) in [6.07, 6.45) is 2.73. The van der Waals surface area contributed by atoms with Crippen LogP contribution in [0.4, 0.5) is 0 Å². The molecule has 1 heterocycles. The molecule has 1 saturated heterocycles. The molecule has 2 aliphatic rings. The third-order valence-corrected chi connectivity index (χ3v) is 6.68.